The van der Waals surface area contributed by atoms with Crippen LogP contribution in [-0.4, -0.2) is 68.2 Å². The van der Waals surface area contributed by atoms with Crippen LogP contribution in [0.4, 0.5) is 0 Å². The van der Waals surface area contributed by atoms with Gasteiger partial charge in [-0.1, -0.05) is 0 Å². The summed E-state index contributed by atoms with van der Waals surface area (Å²) in [5.41, 5.74) is 0.152. The molecule has 0 radical (unpaired) electrons. The standard InChI is InChI=1S/C16H24N2O5S/c1-22-12-14-3-5-16(18(14)24(2,20)21)6-8-17(9-7-16)15(19)13-4-10-23-11-13/h4,10-11,14H,3,5-9,12H2,1-2H3. The van der Waals surface area contributed by atoms with E-state index in [4.69, 9.17) is 9.15 Å². The largest absolute Gasteiger partial charge is 0.472 e. The quantitative estimate of drug-likeness (QED) is 0.813. The second kappa shape index (κ2) is 6.50. The van der Waals surface area contributed by atoms with Gasteiger partial charge in [0.25, 0.3) is 5.91 Å². The van der Waals surface area contributed by atoms with E-state index in [1.54, 1.807) is 22.4 Å². The van der Waals surface area contributed by atoms with E-state index in [9.17, 15) is 13.2 Å². The molecule has 0 saturated carbocycles. The van der Waals surface area contributed by atoms with Crippen LogP contribution in [0, 0.1) is 0 Å². The number of hydrogen-bond acceptors (Lipinski definition) is 5. The average Bonchev–Trinajstić information content (AvgIpc) is 3.16. The average molecular weight is 356 g/mol. The van der Waals surface area contributed by atoms with E-state index >= 15 is 0 Å². The Labute approximate surface area is 142 Å². The van der Waals surface area contributed by atoms with Crippen LogP contribution in [0.2, 0.25) is 0 Å². The zero-order chi connectivity index (χ0) is 17.4. The fourth-order valence-electron chi connectivity index (χ4n) is 4.18. The second-order valence-electron chi connectivity index (χ2n) is 6.74. The molecule has 0 bridgehead atoms. The minimum atomic E-state index is -3.33. The van der Waals surface area contributed by atoms with Crippen molar-refractivity contribution < 1.29 is 22.4 Å². The Morgan fingerprint density at radius 2 is 2.08 bits per heavy atom. The van der Waals surface area contributed by atoms with Crippen LogP contribution < -0.4 is 0 Å². The van der Waals surface area contributed by atoms with E-state index < -0.39 is 10.0 Å². The number of carbonyl (C=O) groups excluding carboxylic acids is 1. The second-order valence-corrected chi connectivity index (χ2v) is 8.59. The van der Waals surface area contributed by atoms with Gasteiger partial charge in [-0.25, -0.2) is 8.42 Å². The number of hydrogen-bond donors (Lipinski definition) is 0. The Kier molecular flexibility index (Phi) is 4.72. The van der Waals surface area contributed by atoms with Crippen molar-refractivity contribution in [3.8, 4) is 0 Å². The van der Waals surface area contributed by atoms with Gasteiger partial charge in [0.2, 0.25) is 10.0 Å². The van der Waals surface area contributed by atoms with Crippen LogP contribution in [0.5, 0.6) is 0 Å². The van der Waals surface area contributed by atoms with Crippen molar-refractivity contribution in [2.24, 2.45) is 0 Å². The number of amides is 1. The summed E-state index contributed by atoms with van der Waals surface area (Å²) in [5, 5.41) is 0. The molecule has 24 heavy (non-hydrogen) atoms. The lowest BCUT2D eigenvalue weighted by Gasteiger charge is -2.45. The Bertz CT molecular complexity index is 677. The Balaban J connectivity index is 1.75. The van der Waals surface area contributed by atoms with Crippen LogP contribution in [0.3, 0.4) is 0 Å². The third-order valence-electron chi connectivity index (χ3n) is 5.21. The van der Waals surface area contributed by atoms with E-state index in [1.807, 2.05) is 0 Å². The summed E-state index contributed by atoms with van der Waals surface area (Å²) < 4.78 is 36.6. The molecule has 3 rings (SSSR count). The van der Waals surface area contributed by atoms with E-state index in [0.717, 1.165) is 12.8 Å². The fourth-order valence-corrected chi connectivity index (χ4v) is 5.87. The summed E-state index contributed by atoms with van der Waals surface area (Å²) in [6.07, 6.45) is 7.13. The number of ether oxygens (including phenoxy) is 1. The number of nitrogens with zero attached hydrogens (tertiary/aromatic N) is 2. The van der Waals surface area contributed by atoms with Crippen molar-refractivity contribution in [2.45, 2.75) is 37.3 Å². The molecule has 2 saturated heterocycles. The molecule has 2 fully saturated rings. The van der Waals surface area contributed by atoms with E-state index in [-0.39, 0.29) is 17.5 Å². The summed E-state index contributed by atoms with van der Waals surface area (Å²) in [7, 11) is -1.73. The molecule has 1 aromatic heterocycles. The molecule has 2 aliphatic rings. The minimum Gasteiger partial charge on any atom is -0.472 e. The zero-order valence-electron chi connectivity index (χ0n) is 14.1. The molecule has 1 spiro atoms. The summed E-state index contributed by atoms with van der Waals surface area (Å²) in [6.45, 7) is 1.51. The predicted octanol–water partition coefficient (Wildman–Crippen LogP) is 1.32. The number of methoxy groups -OCH3 is 1. The monoisotopic (exact) mass is 356 g/mol. The summed E-state index contributed by atoms with van der Waals surface area (Å²) in [5.74, 6) is -0.0593. The van der Waals surface area contributed by atoms with Gasteiger partial charge in [0.15, 0.2) is 0 Å². The van der Waals surface area contributed by atoms with Gasteiger partial charge in [0.05, 0.1) is 24.7 Å². The molecule has 134 valence electrons. The number of furan rings is 1. The maximum absolute atomic E-state index is 12.4. The molecule has 3 heterocycles. The summed E-state index contributed by atoms with van der Waals surface area (Å²) in [4.78, 5) is 14.2. The Morgan fingerprint density at radius 1 is 1.38 bits per heavy atom. The Morgan fingerprint density at radius 3 is 2.62 bits per heavy atom. The number of likely N-dealkylation sites (tertiary alicyclic amines) is 1. The van der Waals surface area contributed by atoms with Crippen LogP contribution in [0.25, 0.3) is 0 Å². The first-order valence-electron chi connectivity index (χ1n) is 8.17. The molecular formula is C16H24N2O5S. The zero-order valence-corrected chi connectivity index (χ0v) is 14.9. The van der Waals surface area contributed by atoms with Gasteiger partial charge in [0, 0.05) is 31.8 Å². The number of rotatable bonds is 4. The lowest BCUT2D eigenvalue weighted by atomic mass is 9.86. The van der Waals surface area contributed by atoms with Gasteiger partial charge in [-0.05, 0) is 31.7 Å². The van der Waals surface area contributed by atoms with Crippen molar-refractivity contribution in [3.05, 3.63) is 24.2 Å². The molecule has 2 aliphatic heterocycles. The molecule has 1 atom stereocenters. The fraction of sp³-hybridized carbons (Fsp3) is 0.688. The van der Waals surface area contributed by atoms with E-state index in [1.165, 1.54) is 18.8 Å². The van der Waals surface area contributed by atoms with Gasteiger partial charge in [-0.3, -0.25) is 4.79 Å². The van der Waals surface area contributed by atoms with E-state index in [0.29, 0.717) is 38.1 Å². The third kappa shape index (κ3) is 3.10. The first-order valence-corrected chi connectivity index (χ1v) is 10.0. The molecular weight excluding hydrogens is 332 g/mol. The normalized spacial score (nSPS) is 24.6. The van der Waals surface area contributed by atoms with Crippen molar-refractivity contribution in [1.82, 2.24) is 9.21 Å². The van der Waals surface area contributed by atoms with Crippen molar-refractivity contribution in [2.75, 3.05) is 33.1 Å². The maximum Gasteiger partial charge on any atom is 0.257 e. The molecule has 0 aromatic carbocycles. The molecule has 0 N–H and O–H groups in total. The Hall–Kier alpha value is -1.38. The number of sulfonamides is 1. The van der Waals surface area contributed by atoms with Crippen molar-refractivity contribution >= 4 is 15.9 Å². The van der Waals surface area contributed by atoms with Crippen LogP contribution in [0.1, 0.15) is 36.0 Å². The highest BCUT2D eigenvalue weighted by molar-refractivity contribution is 7.88. The number of piperidine rings is 1. The summed E-state index contributed by atoms with van der Waals surface area (Å²) >= 11 is 0. The highest BCUT2D eigenvalue weighted by Gasteiger charge is 2.52. The van der Waals surface area contributed by atoms with Gasteiger partial charge in [0.1, 0.15) is 6.26 Å². The lowest BCUT2D eigenvalue weighted by molar-refractivity contribution is 0.0504. The third-order valence-corrected chi connectivity index (χ3v) is 6.61. The van der Waals surface area contributed by atoms with Crippen LogP contribution >= 0.6 is 0 Å². The SMILES string of the molecule is COCC1CCC2(CCN(C(=O)c3ccoc3)CC2)N1S(C)(=O)=O. The first-order chi connectivity index (χ1) is 11.4. The van der Waals surface area contributed by atoms with Crippen molar-refractivity contribution in [1.29, 1.82) is 0 Å². The highest BCUT2D eigenvalue weighted by atomic mass is 32.2. The number of carbonyl (C=O) groups is 1. The van der Waals surface area contributed by atoms with Gasteiger partial charge in [-0.15, -0.1) is 0 Å². The first kappa shape index (κ1) is 17.4. The maximum atomic E-state index is 12.4. The topological polar surface area (TPSA) is 80.1 Å². The van der Waals surface area contributed by atoms with Crippen LogP contribution in [0.15, 0.2) is 23.0 Å². The molecule has 1 aromatic rings. The molecule has 0 aliphatic carbocycles. The van der Waals surface area contributed by atoms with Crippen LogP contribution in [-0.2, 0) is 14.8 Å². The van der Waals surface area contributed by atoms with Crippen molar-refractivity contribution in [3.63, 3.8) is 0 Å². The van der Waals surface area contributed by atoms with Gasteiger partial charge >= 0.3 is 0 Å². The molecule has 8 heteroatoms. The lowest BCUT2D eigenvalue weighted by Crippen LogP contribution is -2.57. The smallest absolute Gasteiger partial charge is 0.257 e. The van der Waals surface area contributed by atoms with Gasteiger partial charge < -0.3 is 14.1 Å². The minimum absolute atomic E-state index is 0.0593. The summed E-state index contributed by atoms with van der Waals surface area (Å²) in [6, 6.07) is 1.54. The van der Waals surface area contributed by atoms with E-state index in [2.05, 4.69) is 0 Å². The molecule has 1 amide bonds. The molecule has 7 nitrogen and oxygen atoms in total. The highest BCUT2D eigenvalue weighted by Crippen LogP contribution is 2.43. The molecule has 1 unspecified atom stereocenters. The predicted molar refractivity (Wildman–Crippen MR) is 88.2 cm³/mol. The van der Waals surface area contributed by atoms with Gasteiger partial charge in [-0.2, -0.15) is 4.31 Å².